The van der Waals surface area contributed by atoms with Crippen LogP contribution in [-0.4, -0.2) is 32.4 Å². The van der Waals surface area contributed by atoms with E-state index in [1.54, 1.807) is 4.68 Å². The number of hydrogen-bond acceptors (Lipinski definition) is 5. The number of rotatable bonds is 6. The Bertz CT molecular complexity index is 1140. The van der Waals surface area contributed by atoms with E-state index in [-0.39, 0.29) is 18.3 Å². The monoisotopic (exact) mass is 421 g/mol. The predicted molar refractivity (Wildman–Crippen MR) is 116 cm³/mol. The third-order valence-corrected chi connectivity index (χ3v) is 5.16. The first-order valence-electron chi connectivity index (χ1n) is 10.1. The number of aryl methyl sites for hydroxylation is 2. The van der Waals surface area contributed by atoms with Gasteiger partial charge >= 0.3 is 0 Å². The van der Waals surface area contributed by atoms with Crippen LogP contribution in [0, 0.1) is 12.7 Å². The fourth-order valence-corrected chi connectivity index (χ4v) is 3.71. The summed E-state index contributed by atoms with van der Waals surface area (Å²) < 4.78 is 15.0. The molecule has 0 unspecified atom stereocenters. The van der Waals surface area contributed by atoms with Crippen molar-refractivity contribution in [3.63, 3.8) is 0 Å². The number of fused-ring (bicyclic) bond motifs is 1. The molecule has 1 aliphatic heterocycles. The molecule has 8 heteroatoms. The molecule has 4 rings (SSSR count). The van der Waals surface area contributed by atoms with Crippen LogP contribution in [0.1, 0.15) is 36.3 Å². The highest BCUT2D eigenvalue weighted by Gasteiger charge is 2.34. The molecule has 0 aliphatic carbocycles. The lowest BCUT2D eigenvalue weighted by molar-refractivity contribution is -0.113. The van der Waals surface area contributed by atoms with Gasteiger partial charge in [-0.25, -0.2) is 9.07 Å². The van der Waals surface area contributed by atoms with E-state index in [1.807, 2.05) is 38.1 Å². The Hall–Kier alpha value is -3.52. The van der Waals surface area contributed by atoms with Crippen LogP contribution in [0.4, 0.5) is 16.0 Å². The zero-order valence-electron chi connectivity index (χ0n) is 17.4. The lowest BCUT2D eigenvalue weighted by atomic mass is 9.94. The summed E-state index contributed by atoms with van der Waals surface area (Å²) >= 11 is 0. The predicted octanol–water partition coefficient (Wildman–Crippen LogP) is 3.58. The molecule has 0 fully saturated rings. The Morgan fingerprint density at radius 3 is 2.71 bits per heavy atom. The quantitative estimate of drug-likeness (QED) is 0.566. The van der Waals surface area contributed by atoms with Crippen LogP contribution in [-0.2, 0) is 11.2 Å². The molecular formula is C23H24FN5O2. The highest BCUT2D eigenvalue weighted by Crippen LogP contribution is 2.36. The molecule has 31 heavy (non-hydrogen) atoms. The summed E-state index contributed by atoms with van der Waals surface area (Å²) in [5.41, 5.74) is 3.64. The number of aromatic nitrogens is 3. The van der Waals surface area contributed by atoms with Crippen molar-refractivity contribution in [2.75, 3.05) is 17.2 Å². The van der Waals surface area contributed by atoms with E-state index in [0.717, 1.165) is 11.1 Å². The smallest absolute Gasteiger partial charge is 0.255 e. The first-order chi connectivity index (χ1) is 15.0. The number of carbonyl (C=O) groups is 1. The van der Waals surface area contributed by atoms with Gasteiger partial charge in [0.2, 0.25) is 5.95 Å². The first kappa shape index (κ1) is 20.7. The SMILES string of the molecule is CC1=C(C(=O)Nc2ccc(F)cc2)[C@H](c2cccc(C)c2)n2nc(CCCO)nc2N1. The maximum absolute atomic E-state index is 13.3. The summed E-state index contributed by atoms with van der Waals surface area (Å²) in [5, 5.41) is 19.8. The number of benzene rings is 2. The van der Waals surface area contributed by atoms with Gasteiger partial charge in [0.25, 0.3) is 5.91 Å². The minimum absolute atomic E-state index is 0.0568. The second-order valence-electron chi connectivity index (χ2n) is 7.56. The molecule has 2 aromatic carbocycles. The number of nitrogens with zero attached hydrogens (tertiary/aromatic N) is 3. The number of aliphatic hydroxyl groups excluding tert-OH is 1. The molecule has 7 nitrogen and oxygen atoms in total. The number of carbonyl (C=O) groups excluding carboxylic acids is 1. The third kappa shape index (κ3) is 4.34. The van der Waals surface area contributed by atoms with Crippen LogP contribution >= 0.6 is 0 Å². The average molecular weight is 421 g/mol. The van der Waals surface area contributed by atoms with Crippen molar-refractivity contribution < 1.29 is 14.3 Å². The van der Waals surface area contributed by atoms with Crippen molar-refractivity contribution in [1.82, 2.24) is 14.8 Å². The molecule has 1 atom stereocenters. The van der Waals surface area contributed by atoms with E-state index in [0.29, 0.717) is 41.6 Å². The van der Waals surface area contributed by atoms with Crippen molar-refractivity contribution in [3.05, 3.63) is 82.6 Å². The molecule has 1 aliphatic rings. The van der Waals surface area contributed by atoms with Gasteiger partial charge in [0.05, 0.1) is 5.57 Å². The molecule has 160 valence electrons. The number of aliphatic hydroxyl groups is 1. The van der Waals surface area contributed by atoms with Gasteiger partial charge in [0.1, 0.15) is 11.9 Å². The van der Waals surface area contributed by atoms with Crippen LogP contribution in [0.5, 0.6) is 0 Å². The Balaban J connectivity index is 1.75. The molecule has 0 spiro atoms. The summed E-state index contributed by atoms with van der Waals surface area (Å²) in [5.74, 6) is 0.478. The van der Waals surface area contributed by atoms with E-state index in [9.17, 15) is 9.18 Å². The maximum Gasteiger partial charge on any atom is 0.255 e. The van der Waals surface area contributed by atoms with Crippen molar-refractivity contribution in [1.29, 1.82) is 0 Å². The molecule has 3 aromatic rings. The van der Waals surface area contributed by atoms with Gasteiger partial charge in [0.15, 0.2) is 5.82 Å². The number of amides is 1. The molecule has 2 heterocycles. The molecule has 0 bridgehead atoms. The van der Waals surface area contributed by atoms with Gasteiger partial charge in [-0.3, -0.25) is 4.79 Å². The van der Waals surface area contributed by atoms with E-state index >= 15 is 0 Å². The van der Waals surface area contributed by atoms with Crippen molar-refractivity contribution in [2.45, 2.75) is 32.7 Å². The summed E-state index contributed by atoms with van der Waals surface area (Å²) in [6.45, 7) is 3.88. The topological polar surface area (TPSA) is 92.1 Å². The molecule has 3 N–H and O–H groups in total. The Labute approximate surface area is 179 Å². The van der Waals surface area contributed by atoms with Crippen LogP contribution in [0.2, 0.25) is 0 Å². The lowest BCUT2D eigenvalue weighted by Gasteiger charge is -2.29. The Kier molecular flexibility index (Phi) is 5.81. The third-order valence-electron chi connectivity index (χ3n) is 5.16. The van der Waals surface area contributed by atoms with Crippen LogP contribution in [0.25, 0.3) is 0 Å². The minimum atomic E-state index is -0.480. The molecule has 0 radical (unpaired) electrons. The van der Waals surface area contributed by atoms with Gasteiger partial charge in [-0.15, -0.1) is 0 Å². The second-order valence-corrected chi connectivity index (χ2v) is 7.56. The minimum Gasteiger partial charge on any atom is -0.396 e. The first-order valence-corrected chi connectivity index (χ1v) is 10.1. The second kappa shape index (κ2) is 8.69. The van der Waals surface area contributed by atoms with Gasteiger partial charge in [-0.05, 0) is 50.1 Å². The fraction of sp³-hybridized carbons (Fsp3) is 0.261. The number of allylic oxidation sites excluding steroid dienone is 1. The van der Waals surface area contributed by atoms with Crippen molar-refractivity contribution in [3.8, 4) is 0 Å². The lowest BCUT2D eigenvalue weighted by Crippen LogP contribution is -2.31. The highest BCUT2D eigenvalue weighted by atomic mass is 19.1. The Morgan fingerprint density at radius 1 is 1.23 bits per heavy atom. The number of anilines is 2. The summed E-state index contributed by atoms with van der Waals surface area (Å²) in [4.78, 5) is 17.9. The van der Waals surface area contributed by atoms with E-state index in [1.165, 1.54) is 24.3 Å². The van der Waals surface area contributed by atoms with Crippen molar-refractivity contribution in [2.24, 2.45) is 0 Å². The molecule has 1 amide bonds. The van der Waals surface area contributed by atoms with Crippen LogP contribution in [0.15, 0.2) is 59.8 Å². The molecule has 1 aromatic heterocycles. The fourth-order valence-electron chi connectivity index (χ4n) is 3.71. The molecule has 0 saturated carbocycles. The van der Waals surface area contributed by atoms with E-state index in [4.69, 9.17) is 5.11 Å². The zero-order chi connectivity index (χ0) is 22.0. The molecular weight excluding hydrogens is 397 g/mol. The standard InChI is InChI=1S/C23H24FN5O2/c1-14-5-3-6-16(13-14)21-20(22(31)26-18-10-8-17(24)9-11-18)15(2)25-23-27-19(7-4-12-30)28-29(21)23/h3,5-6,8-11,13,21,30H,4,7,12H2,1-2H3,(H,26,31)(H,25,27,28)/t21-/m0/s1. The maximum atomic E-state index is 13.3. The number of hydrogen-bond donors (Lipinski definition) is 3. The van der Waals surface area contributed by atoms with Gasteiger partial charge < -0.3 is 15.7 Å². The largest absolute Gasteiger partial charge is 0.396 e. The normalized spacial score (nSPS) is 15.4. The number of nitrogens with one attached hydrogen (secondary N) is 2. The summed E-state index contributed by atoms with van der Waals surface area (Å²) in [6, 6.07) is 13.1. The van der Waals surface area contributed by atoms with Gasteiger partial charge in [0, 0.05) is 24.4 Å². The van der Waals surface area contributed by atoms with Crippen LogP contribution < -0.4 is 10.6 Å². The van der Waals surface area contributed by atoms with Crippen LogP contribution in [0.3, 0.4) is 0 Å². The van der Waals surface area contributed by atoms with Gasteiger partial charge in [-0.2, -0.15) is 10.1 Å². The highest BCUT2D eigenvalue weighted by molar-refractivity contribution is 6.06. The molecule has 0 saturated heterocycles. The Morgan fingerprint density at radius 2 is 2.00 bits per heavy atom. The van der Waals surface area contributed by atoms with E-state index < -0.39 is 6.04 Å². The average Bonchev–Trinajstić information content (AvgIpc) is 3.15. The number of halogens is 1. The zero-order valence-corrected chi connectivity index (χ0v) is 17.4. The summed E-state index contributed by atoms with van der Waals surface area (Å²) in [7, 11) is 0. The summed E-state index contributed by atoms with van der Waals surface area (Å²) in [6.07, 6.45) is 1.10. The van der Waals surface area contributed by atoms with Gasteiger partial charge in [-0.1, -0.05) is 29.8 Å². The van der Waals surface area contributed by atoms with Crippen molar-refractivity contribution >= 4 is 17.5 Å². The van der Waals surface area contributed by atoms with E-state index in [2.05, 4.69) is 20.7 Å².